The normalized spacial score (nSPS) is 20.6. The monoisotopic (exact) mass is 449 g/mol. The largest absolute Gasteiger partial charge is 0.459 e. The highest BCUT2D eigenvalue weighted by atomic mass is 32.2. The van der Waals surface area contributed by atoms with Crippen LogP contribution in [0.4, 0.5) is 4.79 Å². The lowest BCUT2D eigenvalue weighted by Gasteiger charge is -2.33. The van der Waals surface area contributed by atoms with Crippen molar-refractivity contribution in [1.82, 2.24) is 14.9 Å². The molecule has 0 aromatic heterocycles. The number of esters is 1. The summed E-state index contributed by atoms with van der Waals surface area (Å²) in [5, 5.41) is 5.46. The third kappa shape index (κ3) is 4.93. The van der Waals surface area contributed by atoms with Gasteiger partial charge in [0, 0.05) is 18.8 Å². The fraction of sp³-hybridized carbons (Fsp3) is 0.545. The number of urea groups is 1. The maximum absolute atomic E-state index is 13.5. The minimum absolute atomic E-state index is 0.0991. The molecule has 3 rings (SSSR count). The lowest BCUT2D eigenvalue weighted by molar-refractivity contribution is -0.143. The molecular weight excluding hydrogens is 418 g/mol. The summed E-state index contributed by atoms with van der Waals surface area (Å²) in [6, 6.07) is 5.12. The Morgan fingerprint density at radius 2 is 1.74 bits per heavy atom. The molecule has 0 bridgehead atoms. The Morgan fingerprint density at radius 1 is 1.10 bits per heavy atom. The van der Waals surface area contributed by atoms with Gasteiger partial charge in [0.2, 0.25) is 10.0 Å². The molecule has 8 nitrogen and oxygen atoms in total. The summed E-state index contributed by atoms with van der Waals surface area (Å²) < 4.78 is 33.9. The second kappa shape index (κ2) is 9.40. The molecule has 0 aliphatic carbocycles. The van der Waals surface area contributed by atoms with Gasteiger partial charge in [-0.05, 0) is 44.2 Å². The number of carbonyl (C=O) groups excluding carboxylic acids is 2. The molecule has 2 aliphatic heterocycles. The molecule has 2 heterocycles. The highest BCUT2D eigenvalue weighted by Gasteiger charge is 2.38. The minimum atomic E-state index is -3.78. The molecular formula is C22H31N3O5S. The van der Waals surface area contributed by atoms with Gasteiger partial charge < -0.3 is 15.4 Å². The van der Waals surface area contributed by atoms with Crippen molar-refractivity contribution in [2.24, 2.45) is 5.92 Å². The average molecular weight is 450 g/mol. The number of nitrogens with one attached hydrogen (secondary N) is 2. The van der Waals surface area contributed by atoms with Crippen LogP contribution in [-0.4, -0.2) is 43.9 Å². The number of hydrogen-bond donors (Lipinski definition) is 2. The third-order valence-electron chi connectivity index (χ3n) is 5.41. The smallest absolute Gasteiger partial charge is 0.338 e. The van der Waals surface area contributed by atoms with Crippen molar-refractivity contribution >= 4 is 22.0 Å². The molecule has 1 aromatic rings. The van der Waals surface area contributed by atoms with Crippen molar-refractivity contribution in [3.63, 3.8) is 0 Å². The van der Waals surface area contributed by atoms with Crippen molar-refractivity contribution in [3.8, 4) is 0 Å². The summed E-state index contributed by atoms with van der Waals surface area (Å²) in [7, 11) is -3.78. The molecule has 31 heavy (non-hydrogen) atoms. The first kappa shape index (κ1) is 23.3. The summed E-state index contributed by atoms with van der Waals surface area (Å²) in [6.45, 7) is 8.13. The molecule has 0 spiro atoms. The summed E-state index contributed by atoms with van der Waals surface area (Å²) in [6.07, 6.45) is 2.27. The van der Waals surface area contributed by atoms with E-state index in [1.165, 1.54) is 10.4 Å². The Morgan fingerprint density at radius 3 is 2.35 bits per heavy atom. The van der Waals surface area contributed by atoms with Crippen molar-refractivity contribution in [3.05, 3.63) is 41.1 Å². The van der Waals surface area contributed by atoms with E-state index < -0.39 is 28.1 Å². The van der Waals surface area contributed by atoms with Crippen molar-refractivity contribution in [2.45, 2.75) is 64.0 Å². The van der Waals surface area contributed by atoms with E-state index >= 15 is 0 Å². The van der Waals surface area contributed by atoms with E-state index in [4.69, 9.17) is 4.74 Å². The fourth-order valence-electron chi connectivity index (χ4n) is 3.98. The van der Waals surface area contributed by atoms with Crippen LogP contribution in [0.1, 0.15) is 58.6 Å². The van der Waals surface area contributed by atoms with Gasteiger partial charge in [0.25, 0.3) is 0 Å². The van der Waals surface area contributed by atoms with E-state index in [0.29, 0.717) is 24.4 Å². The zero-order valence-electron chi connectivity index (χ0n) is 18.5. The molecule has 2 aliphatic rings. The van der Waals surface area contributed by atoms with E-state index in [-0.39, 0.29) is 22.5 Å². The summed E-state index contributed by atoms with van der Waals surface area (Å²) in [5.41, 5.74) is 1.02. The standard InChI is InChI=1S/C22H31N3O5S/c1-14(2)19-18(21(26)30-15(3)4)20(24-22(27)23-19)16-10-6-7-11-17(16)31(28,29)25-12-8-5-9-13-25/h6-7,10-11,14-15,20H,5,8-9,12-13H2,1-4H3,(H2,23,24,27). The number of ether oxygens (including phenoxy) is 1. The van der Waals surface area contributed by atoms with Crippen molar-refractivity contribution in [1.29, 1.82) is 0 Å². The van der Waals surface area contributed by atoms with Crippen molar-refractivity contribution in [2.75, 3.05) is 13.1 Å². The maximum atomic E-state index is 13.5. The fourth-order valence-corrected chi connectivity index (χ4v) is 5.73. The van der Waals surface area contributed by atoms with Crippen molar-refractivity contribution < 1.29 is 22.7 Å². The van der Waals surface area contributed by atoms with Gasteiger partial charge in [0.1, 0.15) is 0 Å². The second-order valence-corrected chi connectivity index (χ2v) is 10.4. The number of hydrogen-bond acceptors (Lipinski definition) is 5. The molecule has 1 unspecified atom stereocenters. The van der Waals surface area contributed by atoms with Gasteiger partial charge in [0.05, 0.1) is 22.6 Å². The molecule has 2 N–H and O–H groups in total. The first-order valence-electron chi connectivity index (χ1n) is 10.7. The molecule has 1 aromatic carbocycles. The van der Waals surface area contributed by atoms with Gasteiger partial charge in [-0.25, -0.2) is 18.0 Å². The lowest BCUT2D eigenvalue weighted by atomic mass is 9.91. The lowest BCUT2D eigenvalue weighted by Crippen LogP contribution is -2.47. The summed E-state index contributed by atoms with van der Waals surface area (Å²) in [5.74, 6) is -0.754. The number of piperidine rings is 1. The topological polar surface area (TPSA) is 105 Å². The predicted octanol–water partition coefficient (Wildman–Crippen LogP) is 3.08. The van der Waals surface area contributed by atoms with Gasteiger partial charge in [-0.3, -0.25) is 0 Å². The number of nitrogens with zero attached hydrogens (tertiary/aromatic N) is 1. The van der Waals surface area contributed by atoms with Crippen LogP contribution in [0.2, 0.25) is 0 Å². The molecule has 1 saturated heterocycles. The number of carbonyl (C=O) groups is 2. The second-order valence-electron chi connectivity index (χ2n) is 8.47. The summed E-state index contributed by atoms with van der Waals surface area (Å²) >= 11 is 0. The number of amides is 2. The number of rotatable bonds is 6. The van der Waals surface area contributed by atoms with Crippen LogP contribution in [-0.2, 0) is 19.6 Å². The quantitative estimate of drug-likeness (QED) is 0.650. The molecule has 1 atom stereocenters. The SMILES string of the molecule is CC(C)OC(=O)C1=C(C(C)C)NC(=O)NC1c1ccccc1S(=O)(=O)N1CCCCC1. The van der Waals surface area contributed by atoms with Crippen LogP contribution >= 0.6 is 0 Å². The molecule has 9 heteroatoms. The Labute approximate surface area is 184 Å². The van der Waals surface area contributed by atoms with Gasteiger partial charge in [-0.1, -0.05) is 38.5 Å². The van der Waals surface area contributed by atoms with E-state index in [1.807, 2.05) is 13.8 Å². The van der Waals surface area contributed by atoms with E-state index in [9.17, 15) is 18.0 Å². The minimum Gasteiger partial charge on any atom is -0.459 e. The highest BCUT2D eigenvalue weighted by Crippen LogP contribution is 2.35. The Kier molecular flexibility index (Phi) is 7.06. The van der Waals surface area contributed by atoms with Crippen LogP contribution in [0.15, 0.2) is 40.4 Å². The zero-order chi connectivity index (χ0) is 22.8. The van der Waals surface area contributed by atoms with E-state index in [1.54, 1.807) is 32.0 Å². The van der Waals surface area contributed by atoms with Crippen LogP contribution in [0.5, 0.6) is 0 Å². The Bertz CT molecular complexity index is 979. The van der Waals surface area contributed by atoms with Gasteiger partial charge in [0.15, 0.2) is 0 Å². The van der Waals surface area contributed by atoms with Crippen LogP contribution in [0, 0.1) is 5.92 Å². The molecule has 0 radical (unpaired) electrons. The van der Waals surface area contributed by atoms with E-state index in [0.717, 1.165) is 19.3 Å². The van der Waals surface area contributed by atoms with Gasteiger partial charge >= 0.3 is 12.0 Å². The zero-order valence-corrected chi connectivity index (χ0v) is 19.3. The average Bonchev–Trinajstić information content (AvgIpc) is 2.73. The van der Waals surface area contributed by atoms with Crippen LogP contribution < -0.4 is 10.6 Å². The summed E-state index contributed by atoms with van der Waals surface area (Å²) in [4.78, 5) is 25.6. The van der Waals surface area contributed by atoms with Gasteiger partial charge in [-0.15, -0.1) is 0 Å². The van der Waals surface area contributed by atoms with Crippen LogP contribution in [0.3, 0.4) is 0 Å². The molecule has 0 saturated carbocycles. The number of sulfonamides is 1. The molecule has 1 fully saturated rings. The predicted molar refractivity (Wildman–Crippen MR) is 117 cm³/mol. The van der Waals surface area contributed by atoms with Gasteiger partial charge in [-0.2, -0.15) is 4.31 Å². The number of benzene rings is 1. The highest BCUT2D eigenvalue weighted by molar-refractivity contribution is 7.89. The Hall–Kier alpha value is -2.39. The molecule has 170 valence electrons. The maximum Gasteiger partial charge on any atom is 0.338 e. The Balaban J connectivity index is 2.15. The first-order valence-corrected chi connectivity index (χ1v) is 12.2. The number of allylic oxidation sites excluding steroid dienone is 1. The third-order valence-corrected chi connectivity index (χ3v) is 7.38. The van der Waals surface area contributed by atoms with Crippen LogP contribution in [0.25, 0.3) is 0 Å². The first-order chi connectivity index (χ1) is 14.6. The molecule has 2 amide bonds. The van der Waals surface area contributed by atoms with E-state index in [2.05, 4.69) is 10.6 Å².